The highest BCUT2D eigenvalue weighted by atomic mass is 19.1. The molecule has 1 atom stereocenters. The van der Waals surface area contributed by atoms with Gasteiger partial charge in [-0.15, -0.1) is 0 Å². The van der Waals surface area contributed by atoms with Gasteiger partial charge in [0.1, 0.15) is 5.82 Å². The third kappa shape index (κ3) is 4.01. The van der Waals surface area contributed by atoms with E-state index in [0.29, 0.717) is 23.3 Å². The molecule has 8 nitrogen and oxygen atoms in total. The van der Waals surface area contributed by atoms with Crippen LogP contribution in [0.15, 0.2) is 22.7 Å². The molecular weight excluding hydrogens is 411 g/mol. The minimum absolute atomic E-state index is 0.178. The Balaban J connectivity index is 1.24. The molecule has 3 aromatic rings. The van der Waals surface area contributed by atoms with E-state index < -0.39 is 0 Å². The Morgan fingerprint density at radius 2 is 2.03 bits per heavy atom. The van der Waals surface area contributed by atoms with Crippen LogP contribution in [-0.4, -0.2) is 68.4 Å². The van der Waals surface area contributed by atoms with E-state index in [4.69, 9.17) is 4.52 Å². The largest absolute Gasteiger partial charge is 0.343 e. The van der Waals surface area contributed by atoms with Gasteiger partial charge in [0.05, 0.1) is 11.2 Å². The summed E-state index contributed by atoms with van der Waals surface area (Å²) in [5.41, 5.74) is 1.54. The lowest BCUT2D eigenvalue weighted by atomic mass is 9.95. The fourth-order valence-corrected chi connectivity index (χ4v) is 5.04. The minimum atomic E-state index is -0.314. The number of fused-ring (bicyclic) bond motifs is 1. The fraction of sp³-hybridized carbons (Fsp3) is 0.565. The van der Waals surface area contributed by atoms with Crippen molar-refractivity contribution in [1.82, 2.24) is 29.7 Å². The lowest BCUT2D eigenvalue weighted by Crippen LogP contribution is -2.37. The molecule has 170 valence electrons. The second kappa shape index (κ2) is 8.61. The number of nitrogens with zero attached hydrogens (tertiary/aromatic N) is 6. The molecule has 32 heavy (non-hydrogen) atoms. The van der Waals surface area contributed by atoms with E-state index in [0.717, 1.165) is 69.5 Å². The van der Waals surface area contributed by atoms with Crippen LogP contribution < -0.4 is 0 Å². The molecule has 2 aliphatic rings. The lowest BCUT2D eigenvalue weighted by Gasteiger charge is -2.32. The lowest BCUT2D eigenvalue weighted by molar-refractivity contribution is -0.127. The first kappa shape index (κ1) is 21.1. The van der Waals surface area contributed by atoms with Crippen molar-refractivity contribution in [2.24, 2.45) is 5.92 Å². The Labute approximate surface area is 186 Å². The third-order valence-electron chi connectivity index (χ3n) is 6.86. The quantitative estimate of drug-likeness (QED) is 0.606. The fourth-order valence-electron chi connectivity index (χ4n) is 5.04. The van der Waals surface area contributed by atoms with Crippen molar-refractivity contribution in [2.45, 2.75) is 45.4 Å². The molecule has 5 rings (SSSR count). The van der Waals surface area contributed by atoms with Crippen LogP contribution >= 0.6 is 0 Å². The van der Waals surface area contributed by atoms with Gasteiger partial charge in [0.2, 0.25) is 11.8 Å². The molecule has 0 bridgehead atoms. The number of carbonyl (C=O) groups excluding carboxylic acids is 1. The average molecular weight is 441 g/mol. The number of benzene rings is 1. The number of hydrogen-bond donors (Lipinski definition) is 0. The molecule has 0 spiro atoms. The molecule has 2 aromatic heterocycles. The maximum absolute atomic E-state index is 13.9. The summed E-state index contributed by atoms with van der Waals surface area (Å²) in [5, 5.41) is 9.66. The van der Waals surface area contributed by atoms with E-state index in [9.17, 15) is 9.18 Å². The summed E-state index contributed by atoms with van der Waals surface area (Å²) in [6, 6.07) is 4.67. The highest BCUT2D eigenvalue weighted by molar-refractivity contribution is 5.83. The van der Waals surface area contributed by atoms with Crippen molar-refractivity contribution in [3.05, 3.63) is 35.6 Å². The number of likely N-dealkylation sites (tertiary alicyclic amines) is 2. The summed E-state index contributed by atoms with van der Waals surface area (Å²) < 4.78 is 21.1. The van der Waals surface area contributed by atoms with Gasteiger partial charge in [0.25, 0.3) is 5.95 Å². The minimum Gasteiger partial charge on any atom is -0.343 e. The molecule has 1 amide bonds. The van der Waals surface area contributed by atoms with Gasteiger partial charge in [0.15, 0.2) is 0 Å². The van der Waals surface area contributed by atoms with Crippen molar-refractivity contribution in [2.75, 3.05) is 32.7 Å². The van der Waals surface area contributed by atoms with Gasteiger partial charge < -0.3 is 14.3 Å². The van der Waals surface area contributed by atoms with Crippen LogP contribution in [0.1, 0.15) is 50.6 Å². The highest BCUT2D eigenvalue weighted by Gasteiger charge is 2.30. The zero-order valence-electron chi connectivity index (χ0n) is 18.6. The number of amides is 1. The zero-order valence-corrected chi connectivity index (χ0v) is 18.6. The Morgan fingerprint density at radius 3 is 2.75 bits per heavy atom. The summed E-state index contributed by atoms with van der Waals surface area (Å²) >= 11 is 0. The molecule has 2 aliphatic heterocycles. The normalized spacial score (nSPS) is 20.5. The maximum atomic E-state index is 13.9. The van der Waals surface area contributed by atoms with Crippen LogP contribution in [0.25, 0.3) is 16.9 Å². The van der Waals surface area contributed by atoms with Crippen LogP contribution in [0.4, 0.5) is 4.39 Å². The van der Waals surface area contributed by atoms with Gasteiger partial charge in [-0.05, 0) is 62.0 Å². The molecule has 9 heteroatoms. The Morgan fingerprint density at radius 1 is 1.22 bits per heavy atom. The standard InChI is InChI=1S/C23H29FN6O2/c1-3-20-19-5-4-18(24)12-21(19)30(26-20)23-25-22(32-27-23)17-7-9-28(10-8-17)13-16-6-11-29(14-16)15(2)31/h4-5,12,16-17H,3,6-11,13-14H2,1-2H3/t16-/m0/s1. The first-order valence-corrected chi connectivity index (χ1v) is 11.5. The summed E-state index contributed by atoms with van der Waals surface area (Å²) in [5.74, 6) is 1.62. The topological polar surface area (TPSA) is 80.3 Å². The highest BCUT2D eigenvalue weighted by Crippen LogP contribution is 2.29. The first-order chi connectivity index (χ1) is 15.5. The van der Waals surface area contributed by atoms with E-state index in [1.54, 1.807) is 17.7 Å². The number of aromatic nitrogens is 4. The van der Waals surface area contributed by atoms with E-state index in [1.807, 2.05) is 11.8 Å². The van der Waals surface area contributed by atoms with Crippen molar-refractivity contribution in [1.29, 1.82) is 0 Å². The average Bonchev–Trinajstić information content (AvgIpc) is 3.52. The van der Waals surface area contributed by atoms with Gasteiger partial charge in [-0.3, -0.25) is 4.79 Å². The van der Waals surface area contributed by atoms with Crippen LogP contribution in [0.5, 0.6) is 0 Å². The van der Waals surface area contributed by atoms with E-state index >= 15 is 0 Å². The van der Waals surface area contributed by atoms with E-state index in [2.05, 4.69) is 20.1 Å². The summed E-state index contributed by atoms with van der Waals surface area (Å²) in [6.45, 7) is 8.43. The number of rotatable bonds is 5. The number of hydrogen-bond acceptors (Lipinski definition) is 6. The number of piperidine rings is 1. The van der Waals surface area contributed by atoms with E-state index in [1.165, 1.54) is 12.1 Å². The Kier molecular flexibility index (Phi) is 5.67. The van der Waals surface area contributed by atoms with Crippen molar-refractivity contribution < 1.29 is 13.7 Å². The number of halogens is 1. The molecule has 0 unspecified atom stereocenters. The molecule has 2 saturated heterocycles. The Hall–Kier alpha value is -2.81. The second-order valence-electron chi connectivity index (χ2n) is 9.00. The van der Waals surface area contributed by atoms with Crippen LogP contribution in [0, 0.1) is 11.7 Å². The molecule has 0 N–H and O–H groups in total. The molecule has 1 aromatic carbocycles. The predicted molar refractivity (Wildman–Crippen MR) is 117 cm³/mol. The van der Waals surface area contributed by atoms with Crippen LogP contribution in [0.3, 0.4) is 0 Å². The van der Waals surface area contributed by atoms with Gasteiger partial charge in [-0.1, -0.05) is 6.92 Å². The van der Waals surface area contributed by atoms with Crippen molar-refractivity contribution >= 4 is 16.8 Å². The van der Waals surface area contributed by atoms with Crippen molar-refractivity contribution in [3.63, 3.8) is 0 Å². The van der Waals surface area contributed by atoms with Crippen molar-refractivity contribution in [3.8, 4) is 5.95 Å². The summed E-state index contributed by atoms with van der Waals surface area (Å²) in [4.78, 5) is 20.6. The number of carbonyl (C=O) groups is 1. The first-order valence-electron chi connectivity index (χ1n) is 11.5. The van der Waals surface area contributed by atoms with Gasteiger partial charge in [-0.25, -0.2) is 4.39 Å². The SMILES string of the molecule is CCc1nn(-c2noc(C3CCN(C[C@@H]4CCN(C(C)=O)C4)CC3)n2)c2cc(F)ccc12. The van der Waals surface area contributed by atoms with E-state index in [-0.39, 0.29) is 17.6 Å². The molecule has 0 aliphatic carbocycles. The molecular formula is C23H29FN6O2. The van der Waals surface area contributed by atoms with Crippen LogP contribution in [-0.2, 0) is 11.2 Å². The molecule has 0 saturated carbocycles. The number of aryl methyl sites for hydroxylation is 1. The molecule has 4 heterocycles. The molecule has 2 fully saturated rings. The third-order valence-corrected chi connectivity index (χ3v) is 6.86. The predicted octanol–water partition coefficient (Wildman–Crippen LogP) is 3.16. The van der Waals surface area contributed by atoms with Gasteiger partial charge in [0, 0.05) is 43.9 Å². The molecule has 0 radical (unpaired) electrons. The maximum Gasteiger partial charge on any atom is 0.291 e. The second-order valence-corrected chi connectivity index (χ2v) is 9.00. The summed E-state index contributed by atoms with van der Waals surface area (Å²) in [6.07, 6.45) is 3.74. The van der Waals surface area contributed by atoms with Gasteiger partial charge >= 0.3 is 0 Å². The van der Waals surface area contributed by atoms with Crippen LogP contribution in [0.2, 0.25) is 0 Å². The summed E-state index contributed by atoms with van der Waals surface area (Å²) in [7, 11) is 0. The van der Waals surface area contributed by atoms with Gasteiger partial charge in [-0.2, -0.15) is 14.8 Å². The smallest absolute Gasteiger partial charge is 0.291 e. The Bertz CT molecular complexity index is 1120. The monoisotopic (exact) mass is 440 g/mol. The zero-order chi connectivity index (χ0) is 22.2.